The van der Waals surface area contributed by atoms with Gasteiger partial charge in [-0.05, 0) is 6.07 Å². The van der Waals surface area contributed by atoms with Crippen molar-refractivity contribution in [3.05, 3.63) is 46.0 Å². The molecule has 2 aromatic heterocycles. The third-order valence-electron chi connectivity index (χ3n) is 2.18. The minimum atomic E-state index is -0.456. The first-order chi connectivity index (χ1) is 8.58. The summed E-state index contributed by atoms with van der Waals surface area (Å²) in [7, 11) is 0. The van der Waals surface area contributed by atoms with E-state index in [-0.39, 0.29) is 16.1 Å². The number of nitrogens with one attached hydrogen (secondary N) is 3. The molecule has 7 nitrogen and oxygen atoms in total. The highest BCUT2D eigenvalue weighted by Gasteiger charge is 2.12. The van der Waals surface area contributed by atoms with Gasteiger partial charge in [0.1, 0.15) is 10.8 Å². The molecule has 0 atom stereocenters. The molecule has 0 saturated heterocycles. The number of aromatic nitrogens is 3. The van der Waals surface area contributed by atoms with E-state index in [9.17, 15) is 9.59 Å². The van der Waals surface area contributed by atoms with Gasteiger partial charge in [0, 0.05) is 17.8 Å². The Kier molecular flexibility index (Phi) is 3.20. The quantitative estimate of drug-likeness (QED) is 0.581. The van der Waals surface area contributed by atoms with Gasteiger partial charge in [-0.2, -0.15) is 5.10 Å². The van der Waals surface area contributed by atoms with Crippen LogP contribution >= 0.6 is 12.2 Å². The van der Waals surface area contributed by atoms with Crippen molar-refractivity contribution in [2.45, 2.75) is 0 Å². The molecule has 2 aromatic rings. The first-order valence-electron chi connectivity index (χ1n) is 4.91. The normalized spacial score (nSPS) is 10.0. The molecule has 2 rings (SSSR count). The fourth-order valence-electron chi connectivity index (χ4n) is 1.34. The lowest BCUT2D eigenvalue weighted by Crippen LogP contribution is -2.18. The van der Waals surface area contributed by atoms with Crippen LogP contribution in [0.25, 0.3) is 0 Å². The van der Waals surface area contributed by atoms with Crippen LogP contribution in [0.5, 0.6) is 0 Å². The van der Waals surface area contributed by atoms with Crippen molar-refractivity contribution in [3.8, 4) is 0 Å². The molecule has 0 unspecified atom stereocenters. The smallest absolute Gasteiger partial charge is 0.257 e. The standard InChI is InChI=1S/C10H9N5O2S/c11-8(18)6-4-13-15-9(6)14-10(17)5-1-2-12-7(16)3-5/h1-4H,(H2,11,18)(H,12,16)(H2,13,14,15,17). The van der Waals surface area contributed by atoms with Gasteiger partial charge in [-0.25, -0.2) is 0 Å². The summed E-state index contributed by atoms with van der Waals surface area (Å²) < 4.78 is 0. The monoisotopic (exact) mass is 263 g/mol. The molecule has 18 heavy (non-hydrogen) atoms. The average molecular weight is 263 g/mol. The number of anilines is 1. The van der Waals surface area contributed by atoms with E-state index in [1.165, 1.54) is 24.5 Å². The van der Waals surface area contributed by atoms with Crippen LogP contribution in [0.15, 0.2) is 29.3 Å². The highest BCUT2D eigenvalue weighted by atomic mass is 32.1. The van der Waals surface area contributed by atoms with Crippen LogP contribution in [0.2, 0.25) is 0 Å². The fraction of sp³-hybridized carbons (Fsp3) is 0. The molecule has 0 spiro atoms. The lowest BCUT2D eigenvalue weighted by atomic mass is 10.2. The van der Waals surface area contributed by atoms with Crippen molar-refractivity contribution in [3.63, 3.8) is 0 Å². The molecule has 2 heterocycles. The Morgan fingerprint density at radius 2 is 2.28 bits per heavy atom. The molecule has 0 aliphatic heterocycles. The SMILES string of the molecule is NC(=S)c1cn[nH]c1NC(=O)c1cc[nH]c(=O)c1. The summed E-state index contributed by atoms with van der Waals surface area (Å²) in [5.74, 6) is -0.157. The number of hydrogen-bond acceptors (Lipinski definition) is 4. The second-order valence-corrected chi connectivity index (χ2v) is 3.86. The number of nitrogens with two attached hydrogens (primary N) is 1. The lowest BCUT2D eigenvalue weighted by Gasteiger charge is -2.04. The topological polar surface area (TPSA) is 117 Å². The van der Waals surface area contributed by atoms with Crippen molar-refractivity contribution in [2.24, 2.45) is 5.73 Å². The molecule has 92 valence electrons. The minimum absolute atomic E-state index is 0.116. The first-order valence-corrected chi connectivity index (χ1v) is 5.32. The molecule has 0 radical (unpaired) electrons. The van der Waals surface area contributed by atoms with Gasteiger partial charge in [-0.1, -0.05) is 12.2 Å². The lowest BCUT2D eigenvalue weighted by molar-refractivity contribution is 0.102. The van der Waals surface area contributed by atoms with E-state index >= 15 is 0 Å². The molecule has 0 aliphatic carbocycles. The number of hydrogen-bond donors (Lipinski definition) is 4. The molecule has 0 aliphatic rings. The number of rotatable bonds is 3. The Hall–Kier alpha value is -2.48. The van der Waals surface area contributed by atoms with Gasteiger partial charge in [0.2, 0.25) is 5.56 Å². The number of carbonyl (C=O) groups is 1. The van der Waals surface area contributed by atoms with Gasteiger partial charge in [0.15, 0.2) is 0 Å². The van der Waals surface area contributed by atoms with Crippen molar-refractivity contribution in [1.82, 2.24) is 15.2 Å². The second-order valence-electron chi connectivity index (χ2n) is 3.42. The molecule has 5 N–H and O–H groups in total. The van der Waals surface area contributed by atoms with Crippen LogP contribution in [0.3, 0.4) is 0 Å². The summed E-state index contributed by atoms with van der Waals surface area (Å²) in [6, 6.07) is 2.67. The number of aromatic amines is 2. The number of amides is 1. The summed E-state index contributed by atoms with van der Waals surface area (Å²) in [4.78, 5) is 25.5. The number of carbonyl (C=O) groups excluding carboxylic acids is 1. The van der Waals surface area contributed by atoms with E-state index in [2.05, 4.69) is 20.5 Å². The van der Waals surface area contributed by atoms with E-state index in [1.807, 2.05) is 0 Å². The van der Waals surface area contributed by atoms with E-state index in [0.29, 0.717) is 11.4 Å². The Bertz CT molecular complexity index is 660. The zero-order chi connectivity index (χ0) is 13.1. The molecule has 1 amide bonds. The van der Waals surface area contributed by atoms with Gasteiger partial charge < -0.3 is 16.0 Å². The van der Waals surface area contributed by atoms with Crippen molar-refractivity contribution >= 4 is 28.9 Å². The van der Waals surface area contributed by atoms with E-state index in [0.717, 1.165) is 0 Å². The van der Waals surface area contributed by atoms with Gasteiger partial charge in [-0.3, -0.25) is 14.7 Å². The Labute approximate surface area is 106 Å². The Morgan fingerprint density at radius 3 is 2.94 bits per heavy atom. The summed E-state index contributed by atoms with van der Waals surface area (Å²) in [6.07, 6.45) is 2.80. The van der Waals surface area contributed by atoms with Gasteiger partial charge in [-0.15, -0.1) is 0 Å². The predicted octanol–water partition coefficient (Wildman–Crippen LogP) is -0.0155. The van der Waals surface area contributed by atoms with Crippen molar-refractivity contribution < 1.29 is 4.79 Å². The zero-order valence-corrected chi connectivity index (χ0v) is 9.88. The van der Waals surface area contributed by atoms with Crippen LogP contribution < -0.4 is 16.6 Å². The van der Waals surface area contributed by atoms with E-state index in [1.54, 1.807) is 0 Å². The maximum atomic E-state index is 11.8. The molecule has 8 heteroatoms. The van der Waals surface area contributed by atoms with Gasteiger partial charge in [0.25, 0.3) is 5.91 Å². The molecule has 0 fully saturated rings. The van der Waals surface area contributed by atoms with Crippen LogP contribution in [-0.4, -0.2) is 26.1 Å². The van der Waals surface area contributed by atoms with Crippen LogP contribution in [-0.2, 0) is 0 Å². The molecule has 0 bridgehead atoms. The molecule has 0 aromatic carbocycles. The van der Waals surface area contributed by atoms with Gasteiger partial charge in [0.05, 0.1) is 11.8 Å². The summed E-state index contributed by atoms with van der Waals surface area (Å²) in [5, 5.41) is 8.84. The van der Waals surface area contributed by atoms with E-state index < -0.39 is 5.91 Å². The largest absolute Gasteiger partial charge is 0.389 e. The van der Waals surface area contributed by atoms with Crippen molar-refractivity contribution in [1.29, 1.82) is 0 Å². The summed E-state index contributed by atoms with van der Waals surface area (Å²) >= 11 is 4.81. The van der Waals surface area contributed by atoms with Crippen LogP contribution in [0.1, 0.15) is 15.9 Å². The Balaban J connectivity index is 2.24. The molecular formula is C10H9N5O2S. The third kappa shape index (κ3) is 2.43. The maximum Gasteiger partial charge on any atom is 0.257 e. The molecular weight excluding hydrogens is 254 g/mol. The van der Waals surface area contributed by atoms with E-state index in [4.69, 9.17) is 18.0 Å². The van der Waals surface area contributed by atoms with Crippen LogP contribution in [0.4, 0.5) is 5.82 Å². The average Bonchev–Trinajstić information content (AvgIpc) is 2.77. The highest BCUT2D eigenvalue weighted by molar-refractivity contribution is 7.80. The highest BCUT2D eigenvalue weighted by Crippen LogP contribution is 2.11. The fourth-order valence-corrected chi connectivity index (χ4v) is 1.49. The second kappa shape index (κ2) is 4.80. The number of thiocarbonyl (C=S) groups is 1. The van der Waals surface area contributed by atoms with Gasteiger partial charge >= 0.3 is 0 Å². The van der Waals surface area contributed by atoms with Crippen molar-refractivity contribution in [2.75, 3.05) is 5.32 Å². The molecule has 0 saturated carbocycles. The number of H-pyrrole nitrogens is 2. The number of pyridine rings is 1. The minimum Gasteiger partial charge on any atom is -0.389 e. The Morgan fingerprint density at radius 1 is 1.50 bits per heavy atom. The first kappa shape index (κ1) is 12.0. The zero-order valence-electron chi connectivity index (χ0n) is 9.06. The summed E-state index contributed by atoms with van der Waals surface area (Å²) in [6.45, 7) is 0. The maximum absolute atomic E-state index is 11.8. The third-order valence-corrected chi connectivity index (χ3v) is 2.40. The summed E-state index contributed by atoms with van der Waals surface area (Å²) in [5.41, 5.74) is 5.76. The predicted molar refractivity (Wildman–Crippen MR) is 69.5 cm³/mol. The number of nitrogens with zero attached hydrogens (tertiary/aromatic N) is 1. The van der Waals surface area contributed by atoms with Crippen LogP contribution in [0, 0.1) is 0 Å².